The molecule has 1 N–H and O–H groups in total. The summed E-state index contributed by atoms with van der Waals surface area (Å²) in [5.74, 6) is -0.818. The standard InChI is InChI=1S/C16H17Cl2NO3/c1-16(15(21)22)5-6-19(8-16)14(20)11-7-10(11)9-3-2-4-12(17)13(9)18/h2-4,10-11H,5-8H2,1H3,(H,21,22). The van der Waals surface area contributed by atoms with E-state index in [1.807, 2.05) is 12.1 Å². The first-order valence-corrected chi connectivity index (χ1v) is 8.05. The molecule has 2 fully saturated rings. The zero-order valence-electron chi connectivity index (χ0n) is 12.2. The number of carboxylic acids is 1. The van der Waals surface area contributed by atoms with Crippen molar-refractivity contribution in [3.8, 4) is 0 Å². The Kier molecular flexibility index (Phi) is 3.86. The highest BCUT2D eigenvalue weighted by atomic mass is 35.5. The van der Waals surface area contributed by atoms with E-state index in [0.29, 0.717) is 23.0 Å². The van der Waals surface area contributed by atoms with Crippen molar-refractivity contribution in [2.24, 2.45) is 11.3 Å². The van der Waals surface area contributed by atoms with Crippen LogP contribution in [0.3, 0.4) is 0 Å². The first kappa shape index (κ1) is 15.6. The van der Waals surface area contributed by atoms with E-state index in [4.69, 9.17) is 23.2 Å². The fourth-order valence-electron chi connectivity index (χ4n) is 3.18. The summed E-state index contributed by atoms with van der Waals surface area (Å²) in [6.07, 6.45) is 1.25. The Hall–Kier alpha value is -1.26. The monoisotopic (exact) mass is 341 g/mol. The molecular weight excluding hydrogens is 325 g/mol. The van der Waals surface area contributed by atoms with Gasteiger partial charge in [0.25, 0.3) is 0 Å². The normalized spacial score (nSPS) is 30.4. The van der Waals surface area contributed by atoms with E-state index in [9.17, 15) is 14.7 Å². The second-order valence-corrected chi connectivity index (χ2v) is 7.25. The molecule has 1 aliphatic heterocycles. The van der Waals surface area contributed by atoms with Crippen LogP contribution in [-0.2, 0) is 9.59 Å². The minimum absolute atomic E-state index is 0.0333. The number of hydrogen-bond donors (Lipinski definition) is 1. The van der Waals surface area contributed by atoms with Crippen LogP contribution in [-0.4, -0.2) is 35.0 Å². The molecule has 0 aromatic heterocycles. The van der Waals surface area contributed by atoms with E-state index in [1.54, 1.807) is 17.9 Å². The van der Waals surface area contributed by atoms with Crippen molar-refractivity contribution < 1.29 is 14.7 Å². The summed E-state index contributed by atoms with van der Waals surface area (Å²) in [6.45, 7) is 2.49. The molecule has 0 radical (unpaired) electrons. The summed E-state index contributed by atoms with van der Waals surface area (Å²) in [4.78, 5) is 25.5. The Morgan fingerprint density at radius 3 is 2.73 bits per heavy atom. The van der Waals surface area contributed by atoms with Gasteiger partial charge in [-0.05, 0) is 37.3 Å². The number of carbonyl (C=O) groups excluding carboxylic acids is 1. The van der Waals surface area contributed by atoms with Crippen molar-refractivity contribution in [1.82, 2.24) is 4.90 Å². The van der Waals surface area contributed by atoms with Gasteiger partial charge in [-0.15, -0.1) is 0 Å². The number of likely N-dealkylation sites (tertiary alicyclic amines) is 1. The largest absolute Gasteiger partial charge is 0.481 e. The van der Waals surface area contributed by atoms with Crippen LogP contribution in [0.25, 0.3) is 0 Å². The van der Waals surface area contributed by atoms with E-state index in [-0.39, 0.29) is 24.3 Å². The van der Waals surface area contributed by atoms with Crippen molar-refractivity contribution in [1.29, 1.82) is 0 Å². The predicted molar refractivity (Wildman–Crippen MR) is 84.2 cm³/mol. The predicted octanol–water partition coefficient (Wildman–Crippen LogP) is 3.42. The minimum atomic E-state index is -0.840. The van der Waals surface area contributed by atoms with E-state index in [0.717, 1.165) is 12.0 Å². The van der Waals surface area contributed by atoms with Crippen LogP contribution in [0.1, 0.15) is 31.2 Å². The van der Waals surface area contributed by atoms with E-state index < -0.39 is 11.4 Å². The number of hydrogen-bond acceptors (Lipinski definition) is 2. The highest BCUT2D eigenvalue weighted by Crippen LogP contribution is 2.52. The number of halogens is 2. The smallest absolute Gasteiger partial charge is 0.311 e. The van der Waals surface area contributed by atoms with Crippen molar-refractivity contribution >= 4 is 35.1 Å². The second kappa shape index (κ2) is 5.43. The maximum Gasteiger partial charge on any atom is 0.311 e. The molecule has 2 aliphatic rings. The second-order valence-electron chi connectivity index (χ2n) is 6.47. The third kappa shape index (κ3) is 2.59. The third-order valence-corrected chi connectivity index (χ3v) is 5.62. The molecule has 4 nitrogen and oxygen atoms in total. The molecule has 1 aliphatic carbocycles. The lowest BCUT2D eigenvalue weighted by Crippen LogP contribution is -2.35. The van der Waals surface area contributed by atoms with Gasteiger partial charge in [-0.25, -0.2) is 0 Å². The van der Waals surface area contributed by atoms with Gasteiger partial charge < -0.3 is 10.0 Å². The molecule has 6 heteroatoms. The molecule has 1 amide bonds. The molecule has 1 saturated heterocycles. The molecule has 1 aromatic rings. The molecule has 118 valence electrons. The highest BCUT2D eigenvalue weighted by molar-refractivity contribution is 6.42. The Labute approximate surface area is 139 Å². The van der Waals surface area contributed by atoms with Crippen LogP contribution in [0, 0.1) is 11.3 Å². The molecule has 3 unspecified atom stereocenters. The average molecular weight is 342 g/mol. The summed E-state index contributed by atoms with van der Waals surface area (Å²) in [7, 11) is 0. The minimum Gasteiger partial charge on any atom is -0.481 e. The molecule has 1 saturated carbocycles. The van der Waals surface area contributed by atoms with Crippen LogP contribution in [0.15, 0.2) is 18.2 Å². The summed E-state index contributed by atoms with van der Waals surface area (Å²) < 4.78 is 0. The van der Waals surface area contributed by atoms with Crippen LogP contribution in [0.4, 0.5) is 0 Å². The van der Waals surface area contributed by atoms with Gasteiger partial charge in [0, 0.05) is 19.0 Å². The Balaban J connectivity index is 1.69. The van der Waals surface area contributed by atoms with Gasteiger partial charge in [-0.3, -0.25) is 9.59 Å². The number of amides is 1. The molecule has 3 rings (SSSR count). The van der Waals surface area contributed by atoms with Crippen LogP contribution in [0.5, 0.6) is 0 Å². The fraction of sp³-hybridized carbons (Fsp3) is 0.500. The molecule has 0 bridgehead atoms. The van der Waals surface area contributed by atoms with E-state index >= 15 is 0 Å². The van der Waals surface area contributed by atoms with Crippen molar-refractivity contribution in [2.75, 3.05) is 13.1 Å². The summed E-state index contributed by atoms with van der Waals surface area (Å²) in [5.41, 5.74) is 0.0843. The van der Waals surface area contributed by atoms with Gasteiger partial charge in [-0.1, -0.05) is 35.3 Å². The molecule has 1 aromatic carbocycles. The number of aliphatic carboxylic acids is 1. The quantitative estimate of drug-likeness (QED) is 0.916. The molecule has 22 heavy (non-hydrogen) atoms. The first-order chi connectivity index (χ1) is 10.3. The fourth-order valence-corrected chi connectivity index (χ4v) is 3.62. The van der Waals surface area contributed by atoms with Gasteiger partial charge in [-0.2, -0.15) is 0 Å². The number of carbonyl (C=O) groups is 2. The van der Waals surface area contributed by atoms with Crippen molar-refractivity contribution in [2.45, 2.75) is 25.7 Å². The van der Waals surface area contributed by atoms with Gasteiger partial charge >= 0.3 is 5.97 Å². The summed E-state index contributed by atoms with van der Waals surface area (Å²) >= 11 is 12.2. The van der Waals surface area contributed by atoms with E-state index in [1.165, 1.54) is 0 Å². The first-order valence-electron chi connectivity index (χ1n) is 7.29. The van der Waals surface area contributed by atoms with Gasteiger partial charge in [0.05, 0.1) is 15.5 Å². The Bertz CT molecular complexity index is 648. The SMILES string of the molecule is CC1(C(=O)O)CCN(C(=O)C2CC2c2cccc(Cl)c2Cl)C1. The lowest BCUT2D eigenvalue weighted by atomic mass is 9.90. The van der Waals surface area contributed by atoms with Crippen LogP contribution >= 0.6 is 23.2 Å². The maximum absolute atomic E-state index is 12.6. The van der Waals surface area contributed by atoms with Crippen LogP contribution < -0.4 is 0 Å². The van der Waals surface area contributed by atoms with Crippen molar-refractivity contribution in [3.63, 3.8) is 0 Å². The van der Waals surface area contributed by atoms with Gasteiger partial charge in [0.15, 0.2) is 0 Å². The molecule has 1 heterocycles. The maximum atomic E-state index is 12.6. The number of nitrogens with zero attached hydrogens (tertiary/aromatic N) is 1. The molecular formula is C16H17Cl2NO3. The lowest BCUT2D eigenvalue weighted by Gasteiger charge is -2.20. The van der Waals surface area contributed by atoms with Gasteiger partial charge in [0.2, 0.25) is 5.91 Å². The van der Waals surface area contributed by atoms with E-state index in [2.05, 4.69) is 0 Å². The highest BCUT2D eigenvalue weighted by Gasteiger charge is 2.50. The zero-order chi connectivity index (χ0) is 16.1. The Morgan fingerprint density at radius 1 is 1.36 bits per heavy atom. The molecule has 0 spiro atoms. The average Bonchev–Trinajstić information content (AvgIpc) is 3.16. The number of rotatable bonds is 3. The number of benzene rings is 1. The van der Waals surface area contributed by atoms with Crippen LogP contribution in [0.2, 0.25) is 10.0 Å². The summed E-state index contributed by atoms with van der Waals surface area (Å²) in [5, 5.41) is 10.3. The molecule has 3 atom stereocenters. The van der Waals surface area contributed by atoms with Gasteiger partial charge in [0.1, 0.15) is 0 Å². The topological polar surface area (TPSA) is 57.6 Å². The summed E-state index contributed by atoms with van der Waals surface area (Å²) in [6, 6.07) is 5.46. The van der Waals surface area contributed by atoms with Crippen molar-refractivity contribution in [3.05, 3.63) is 33.8 Å². The Morgan fingerprint density at radius 2 is 2.09 bits per heavy atom. The number of carboxylic acid groups (broad SMARTS) is 1. The zero-order valence-corrected chi connectivity index (χ0v) is 13.7. The third-order valence-electron chi connectivity index (χ3n) is 4.79. The lowest BCUT2D eigenvalue weighted by molar-refractivity contribution is -0.147.